The lowest BCUT2D eigenvalue weighted by molar-refractivity contribution is 0.0535. The summed E-state index contributed by atoms with van der Waals surface area (Å²) in [5, 5.41) is 0. The molecule has 1 aliphatic heterocycles. The van der Waals surface area contributed by atoms with Gasteiger partial charge in [-0.25, -0.2) is 4.79 Å². The molecule has 0 fully saturated rings. The SMILES string of the molecule is [2H]C1([2H])OC(=O)c2ccc(Br)cc21. The predicted molar refractivity (Wildman–Crippen MR) is 43.3 cm³/mol. The summed E-state index contributed by atoms with van der Waals surface area (Å²) < 4.78 is 20.1. The number of fused-ring (bicyclic) bond motifs is 1. The molecule has 1 aliphatic rings. The summed E-state index contributed by atoms with van der Waals surface area (Å²) in [6.45, 7) is -1.99. The first-order valence-corrected chi connectivity index (χ1v) is 3.83. The van der Waals surface area contributed by atoms with Gasteiger partial charge in [0.1, 0.15) is 6.56 Å². The van der Waals surface area contributed by atoms with Crippen LogP contribution >= 0.6 is 15.9 Å². The number of rotatable bonds is 0. The van der Waals surface area contributed by atoms with E-state index in [2.05, 4.69) is 20.7 Å². The highest BCUT2D eigenvalue weighted by Crippen LogP contribution is 2.23. The zero-order chi connectivity index (χ0) is 9.64. The summed E-state index contributed by atoms with van der Waals surface area (Å²) in [7, 11) is 0. The van der Waals surface area contributed by atoms with Crippen molar-refractivity contribution in [3.8, 4) is 0 Å². The third-order valence-electron chi connectivity index (χ3n) is 1.46. The van der Waals surface area contributed by atoms with E-state index in [9.17, 15) is 4.79 Å². The molecule has 0 aliphatic carbocycles. The number of hydrogen-bond donors (Lipinski definition) is 0. The average molecular weight is 215 g/mol. The second-order valence-electron chi connectivity index (χ2n) is 2.18. The molecule has 1 heterocycles. The van der Waals surface area contributed by atoms with Crippen molar-refractivity contribution < 1.29 is 12.3 Å². The summed E-state index contributed by atoms with van der Waals surface area (Å²) in [5.74, 6) is -0.604. The second-order valence-corrected chi connectivity index (χ2v) is 3.10. The lowest BCUT2D eigenvalue weighted by Gasteiger charge is -1.92. The zero-order valence-corrected chi connectivity index (χ0v) is 7.01. The van der Waals surface area contributed by atoms with E-state index < -0.39 is 12.5 Å². The van der Waals surface area contributed by atoms with Crippen LogP contribution in [0.2, 0.25) is 0 Å². The number of hydrogen-bond acceptors (Lipinski definition) is 2. The van der Waals surface area contributed by atoms with Crippen LogP contribution in [0.5, 0.6) is 0 Å². The number of esters is 1. The third-order valence-corrected chi connectivity index (χ3v) is 1.95. The zero-order valence-electron chi connectivity index (χ0n) is 7.43. The van der Waals surface area contributed by atoms with Crippen LogP contribution < -0.4 is 0 Å². The van der Waals surface area contributed by atoms with Gasteiger partial charge in [-0.1, -0.05) is 15.9 Å². The Morgan fingerprint density at radius 1 is 1.64 bits per heavy atom. The highest BCUT2D eigenvalue weighted by atomic mass is 79.9. The number of benzene rings is 1. The molecule has 0 aromatic heterocycles. The maximum Gasteiger partial charge on any atom is 0.338 e. The number of ether oxygens (including phenoxy) is 1. The van der Waals surface area contributed by atoms with Crippen LogP contribution in [0.1, 0.15) is 18.7 Å². The van der Waals surface area contributed by atoms with Crippen LogP contribution in [0, 0.1) is 0 Å². The first-order chi connectivity index (χ1) is 6.00. The highest BCUT2D eigenvalue weighted by molar-refractivity contribution is 9.10. The Balaban J connectivity index is 2.66. The molecule has 2 nitrogen and oxygen atoms in total. The molecule has 0 bridgehead atoms. The average Bonchev–Trinajstić information content (AvgIpc) is 2.23. The Bertz CT molecular complexity index is 390. The standard InChI is InChI=1S/C8H5BrO2/c9-6-1-2-7-5(3-6)4-11-8(7)10/h1-3H,4H2/i4D2. The van der Waals surface area contributed by atoms with Gasteiger partial charge in [-0.05, 0) is 18.2 Å². The van der Waals surface area contributed by atoms with Gasteiger partial charge in [0.05, 0.1) is 8.30 Å². The summed E-state index contributed by atoms with van der Waals surface area (Å²) in [6.07, 6.45) is 0. The summed E-state index contributed by atoms with van der Waals surface area (Å²) in [5.41, 5.74) is 0.583. The number of carbonyl (C=O) groups is 1. The highest BCUT2D eigenvalue weighted by Gasteiger charge is 2.20. The topological polar surface area (TPSA) is 26.3 Å². The van der Waals surface area contributed by atoms with E-state index in [0.29, 0.717) is 5.56 Å². The summed E-state index contributed by atoms with van der Waals surface area (Å²) in [6, 6.07) is 4.79. The minimum absolute atomic E-state index is 0.284. The van der Waals surface area contributed by atoms with Gasteiger partial charge in [0.15, 0.2) is 0 Å². The van der Waals surface area contributed by atoms with Crippen molar-refractivity contribution in [3.05, 3.63) is 33.8 Å². The van der Waals surface area contributed by atoms with E-state index in [-0.39, 0.29) is 5.56 Å². The first-order valence-electron chi connectivity index (χ1n) is 4.04. The fourth-order valence-electron chi connectivity index (χ4n) is 0.935. The van der Waals surface area contributed by atoms with Crippen molar-refractivity contribution in [1.29, 1.82) is 0 Å². The maximum atomic E-state index is 11.1. The van der Waals surface area contributed by atoms with Crippen LogP contribution in [0.3, 0.4) is 0 Å². The lowest BCUT2D eigenvalue weighted by Crippen LogP contribution is -1.92. The van der Waals surface area contributed by atoms with E-state index in [0.717, 1.165) is 4.47 Å². The normalized spacial score (nSPS) is 21.7. The molecule has 56 valence electrons. The molecular weight excluding hydrogens is 208 g/mol. The van der Waals surface area contributed by atoms with Crippen LogP contribution in [-0.2, 0) is 11.3 Å². The van der Waals surface area contributed by atoms with E-state index in [4.69, 9.17) is 2.74 Å². The molecular formula is C8H5BrO2. The Kier molecular flexibility index (Phi) is 1.05. The minimum atomic E-state index is -1.99. The largest absolute Gasteiger partial charge is 0.457 e. The molecule has 1 aromatic carbocycles. The Hall–Kier alpha value is -0.830. The van der Waals surface area contributed by atoms with E-state index in [1.54, 1.807) is 18.2 Å². The minimum Gasteiger partial charge on any atom is -0.457 e. The number of halogens is 1. The lowest BCUT2D eigenvalue weighted by atomic mass is 10.1. The van der Waals surface area contributed by atoms with Crippen molar-refractivity contribution in [2.24, 2.45) is 0 Å². The number of carbonyl (C=O) groups excluding carboxylic acids is 1. The van der Waals surface area contributed by atoms with Crippen molar-refractivity contribution in [2.75, 3.05) is 0 Å². The second kappa shape index (κ2) is 2.34. The quantitative estimate of drug-likeness (QED) is 0.619. The molecule has 0 atom stereocenters. The van der Waals surface area contributed by atoms with Crippen molar-refractivity contribution in [1.82, 2.24) is 0 Å². The van der Waals surface area contributed by atoms with Gasteiger partial charge in [0, 0.05) is 10.0 Å². The van der Waals surface area contributed by atoms with E-state index in [1.165, 1.54) is 0 Å². The Morgan fingerprint density at radius 3 is 3.27 bits per heavy atom. The Morgan fingerprint density at radius 2 is 2.45 bits per heavy atom. The molecule has 3 heteroatoms. The van der Waals surface area contributed by atoms with E-state index in [1.807, 2.05) is 0 Å². The van der Waals surface area contributed by atoms with Gasteiger partial charge < -0.3 is 4.74 Å². The van der Waals surface area contributed by atoms with Gasteiger partial charge in [0.2, 0.25) is 0 Å². The van der Waals surface area contributed by atoms with Crippen molar-refractivity contribution in [3.63, 3.8) is 0 Å². The van der Waals surface area contributed by atoms with Crippen LogP contribution in [-0.4, -0.2) is 5.97 Å². The Labute approximate surface area is 75.1 Å². The summed E-state index contributed by atoms with van der Waals surface area (Å²) >= 11 is 3.20. The predicted octanol–water partition coefficient (Wildman–Crippen LogP) is 2.12. The molecule has 0 saturated heterocycles. The monoisotopic (exact) mass is 214 g/mol. The molecule has 11 heavy (non-hydrogen) atoms. The maximum absolute atomic E-state index is 11.1. The van der Waals surface area contributed by atoms with Gasteiger partial charge in [-0.15, -0.1) is 0 Å². The van der Waals surface area contributed by atoms with Crippen molar-refractivity contribution >= 4 is 21.9 Å². The molecule has 2 rings (SSSR count). The molecule has 1 aromatic rings. The fourth-order valence-corrected chi connectivity index (χ4v) is 1.30. The molecule has 0 N–H and O–H groups in total. The molecule has 0 unspecified atom stereocenters. The van der Waals surface area contributed by atoms with Crippen LogP contribution in [0.15, 0.2) is 22.7 Å². The van der Waals surface area contributed by atoms with Crippen molar-refractivity contribution in [2.45, 2.75) is 6.56 Å². The third kappa shape index (κ3) is 1.05. The summed E-state index contributed by atoms with van der Waals surface area (Å²) in [4.78, 5) is 11.1. The van der Waals surface area contributed by atoms with Gasteiger partial charge in [-0.3, -0.25) is 0 Å². The smallest absolute Gasteiger partial charge is 0.338 e. The van der Waals surface area contributed by atoms with E-state index >= 15 is 0 Å². The van der Waals surface area contributed by atoms with Gasteiger partial charge >= 0.3 is 5.97 Å². The van der Waals surface area contributed by atoms with Crippen LogP contribution in [0.25, 0.3) is 0 Å². The molecule has 0 saturated carbocycles. The first kappa shape index (κ1) is 4.93. The number of cyclic esters (lactones) is 1. The molecule has 0 amide bonds. The van der Waals surface area contributed by atoms with Gasteiger partial charge in [-0.2, -0.15) is 0 Å². The fraction of sp³-hybridized carbons (Fsp3) is 0.125. The molecule has 0 spiro atoms. The molecule has 0 radical (unpaired) electrons. The van der Waals surface area contributed by atoms with Gasteiger partial charge in [0.25, 0.3) is 0 Å². The van der Waals surface area contributed by atoms with Crippen LogP contribution in [0.4, 0.5) is 0 Å².